The first-order valence-corrected chi connectivity index (χ1v) is 6.90. The Hall–Kier alpha value is -2.62. The van der Waals surface area contributed by atoms with E-state index in [1.807, 2.05) is 55.5 Å². The molecule has 0 aliphatic carbocycles. The zero-order valence-corrected chi connectivity index (χ0v) is 11.7. The molecule has 2 aromatic carbocycles. The highest BCUT2D eigenvalue weighted by Crippen LogP contribution is 2.33. The summed E-state index contributed by atoms with van der Waals surface area (Å²) in [6, 6.07) is 15.0. The van der Waals surface area contributed by atoms with Crippen LogP contribution in [-0.4, -0.2) is 11.8 Å². The molecular formula is C17H16N2O2. The maximum absolute atomic E-state index is 12.5. The maximum Gasteiger partial charge on any atom is 0.232 e. The van der Waals surface area contributed by atoms with E-state index in [1.165, 1.54) is 0 Å². The molecule has 0 saturated carbocycles. The highest BCUT2D eigenvalue weighted by atomic mass is 16.2. The highest BCUT2D eigenvalue weighted by Gasteiger charge is 2.30. The Bertz CT molecular complexity index is 709. The van der Waals surface area contributed by atoms with Crippen molar-refractivity contribution in [2.75, 3.05) is 10.6 Å². The normalized spacial score (nSPS) is 16.8. The van der Waals surface area contributed by atoms with Crippen molar-refractivity contribution >= 4 is 23.2 Å². The lowest BCUT2D eigenvalue weighted by Gasteiger charge is -2.25. The fourth-order valence-corrected chi connectivity index (χ4v) is 2.58. The number of rotatable bonds is 2. The van der Waals surface area contributed by atoms with Crippen LogP contribution in [0.25, 0.3) is 0 Å². The third-order valence-corrected chi connectivity index (χ3v) is 3.72. The van der Waals surface area contributed by atoms with Crippen LogP contribution in [0.1, 0.15) is 23.5 Å². The van der Waals surface area contributed by atoms with Gasteiger partial charge in [0.2, 0.25) is 11.8 Å². The van der Waals surface area contributed by atoms with Crippen LogP contribution in [0.3, 0.4) is 0 Å². The number of nitrogens with one attached hydrogen (secondary N) is 2. The Morgan fingerprint density at radius 2 is 1.86 bits per heavy atom. The second-order valence-electron chi connectivity index (χ2n) is 5.20. The predicted octanol–water partition coefficient (Wildman–Crippen LogP) is 3.06. The molecule has 1 aliphatic rings. The Labute approximate surface area is 123 Å². The number of carbonyl (C=O) groups is 2. The average molecular weight is 280 g/mol. The first kappa shape index (κ1) is 13.4. The number of benzene rings is 2. The molecule has 4 heteroatoms. The number of amides is 2. The summed E-state index contributed by atoms with van der Waals surface area (Å²) in [5.41, 5.74) is 3.37. The third kappa shape index (κ3) is 2.65. The summed E-state index contributed by atoms with van der Waals surface area (Å²) in [7, 11) is 0. The maximum atomic E-state index is 12.5. The van der Waals surface area contributed by atoms with Crippen molar-refractivity contribution in [3.63, 3.8) is 0 Å². The molecule has 106 valence electrons. The molecule has 0 radical (unpaired) electrons. The number of fused-ring (bicyclic) bond motifs is 1. The number of hydrogen-bond acceptors (Lipinski definition) is 2. The summed E-state index contributed by atoms with van der Waals surface area (Å²) in [6.45, 7) is 1.94. The largest absolute Gasteiger partial charge is 0.326 e. The minimum Gasteiger partial charge on any atom is -0.326 e. The third-order valence-electron chi connectivity index (χ3n) is 3.72. The highest BCUT2D eigenvalue weighted by molar-refractivity contribution is 6.05. The first-order chi connectivity index (χ1) is 10.1. The molecule has 2 aromatic rings. The van der Waals surface area contributed by atoms with Gasteiger partial charge >= 0.3 is 0 Å². The van der Waals surface area contributed by atoms with E-state index >= 15 is 0 Å². The van der Waals surface area contributed by atoms with Crippen LogP contribution >= 0.6 is 0 Å². The van der Waals surface area contributed by atoms with Gasteiger partial charge in [-0.25, -0.2) is 0 Å². The monoisotopic (exact) mass is 280 g/mol. The number of anilines is 2. The number of carbonyl (C=O) groups excluding carboxylic acids is 2. The Balaban J connectivity index is 1.88. The Kier molecular flexibility index (Phi) is 3.44. The molecule has 2 amide bonds. The predicted molar refractivity (Wildman–Crippen MR) is 82.2 cm³/mol. The van der Waals surface area contributed by atoms with E-state index in [9.17, 15) is 9.59 Å². The molecule has 3 rings (SSSR count). The van der Waals surface area contributed by atoms with E-state index in [1.54, 1.807) is 0 Å². The van der Waals surface area contributed by atoms with E-state index in [4.69, 9.17) is 0 Å². The number of para-hydroxylation sites is 2. The standard InChI is InChI=1S/C17H16N2O2/c1-11-6-2-4-8-14(11)19-17(21)13-10-16(20)18-15-9-5-3-7-12(13)15/h2-9,13H,10H2,1H3,(H,18,20)(H,19,21). The smallest absolute Gasteiger partial charge is 0.232 e. The van der Waals surface area contributed by atoms with Gasteiger partial charge in [-0.2, -0.15) is 0 Å². The molecule has 21 heavy (non-hydrogen) atoms. The Morgan fingerprint density at radius 3 is 2.67 bits per heavy atom. The van der Waals surface area contributed by atoms with Crippen LogP contribution in [0.4, 0.5) is 11.4 Å². The molecule has 0 fully saturated rings. The van der Waals surface area contributed by atoms with Crippen LogP contribution in [-0.2, 0) is 9.59 Å². The van der Waals surface area contributed by atoms with Gasteiger partial charge in [-0.3, -0.25) is 9.59 Å². The molecule has 2 N–H and O–H groups in total. The summed E-state index contributed by atoms with van der Waals surface area (Å²) in [5, 5.41) is 5.72. The quantitative estimate of drug-likeness (QED) is 0.888. The molecule has 0 bridgehead atoms. The summed E-state index contributed by atoms with van der Waals surface area (Å²) >= 11 is 0. The Morgan fingerprint density at radius 1 is 1.14 bits per heavy atom. The zero-order valence-electron chi connectivity index (χ0n) is 11.7. The van der Waals surface area contributed by atoms with Gasteiger partial charge in [-0.05, 0) is 30.2 Å². The average Bonchev–Trinajstić information content (AvgIpc) is 2.48. The van der Waals surface area contributed by atoms with Gasteiger partial charge in [-0.1, -0.05) is 36.4 Å². The van der Waals surface area contributed by atoms with Crippen molar-refractivity contribution in [2.45, 2.75) is 19.3 Å². The van der Waals surface area contributed by atoms with E-state index < -0.39 is 5.92 Å². The summed E-state index contributed by atoms with van der Waals surface area (Å²) in [6.07, 6.45) is 0.175. The molecular weight excluding hydrogens is 264 g/mol. The number of hydrogen-bond donors (Lipinski definition) is 2. The molecule has 0 spiro atoms. The molecule has 4 nitrogen and oxygen atoms in total. The van der Waals surface area contributed by atoms with Crippen LogP contribution in [0.5, 0.6) is 0 Å². The van der Waals surface area contributed by atoms with Gasteiger partial charge in [-0.15, -0.1) is 0 Å². The first-order valence-electron chi connectivity index (χ1n) is 6.90. The lowest BCUT2D eigenvalue weighted by Crippen LogP contribution is -2.30. The molecule has 1 heterocycles. The van der Waals surface area contributed by atoms with Crippen LogP contribution < -0.4 is 10.6 Å². The van der Waals surface area contributed by atoms with Gasteiger partial charge in [0.05, 0.1) is 5.92 Å². The van der Waals surface area contributed by atoms with Gasteiger partial charge in [0.1, 0.15) is 0 Å². The molecule has 0 aromatic heterocycles. The summed E-state index contributed by atoms with van der Waals surface area (Å²) in [5.74, 6) is -0.722. The van der Waals surface area contributed by atoms with Crippen LogP contribution in [0.2, 0.25) is 0 Å². The zero-order chi connectivity index (χ0) is 14.8. The van der Waals surface area contributed by atoms with Crippen molar-refractivity contribution in [3.8, 4) is 0 Å². The van der Waals surface area contributed by atoms with Crippen molar-refractivity contribution in [1.82, 2.24) is 0 Å². The molecule has 1 aliphatic heterocycles. The van der Waals surface area contributed by atoms with E-state index in [0.717, 1.165) is 22.5 Å². The lowest BCUT2D eigenvalue weighted by atomic mass is 9.89. The van der Waals surface area contributed by atoms with E-state index in [2.05, 4.69) is 10.6 Å². The van der Waals surface area contributed by atoms with Crippen LogP contribution in [0.15, 0.2) is 48.5 Å². The second kappa shape index (κ2) is 5.40. The minimum atomic E-state index is -0.449. The van der Waals surface area contributed by atoms with E-state index in [0.29, 0.717) is 0 Å². The molecule has 1 unspecified atom stereocenters. The second-order valence-corrected chi connectivity index (χ2v) is 5.20. The van der Waals surface area contributed by atoms with Gasteiger partial charge in [0.25, 0.3) is 0 Å². The fraction of sp³-hybridized carbons (Fsp3) is 0.176. The van der Waals surface area contributed by atoms with Crippen molar-refractivity contribution in [2.24, 2.45) is 0 Å². The van der Waals surface area contributed by atoms with Crippen molar-refractivity contribution in [1.29, 1.82) is 0 Å². The summed E-state index contributed by atoms with van der Waals surface area (Å²) in [4.78, 5) is 24.3. The SMILES string of the molecule is Cc1ccccc1NC(=O)C1CC(=O)Nc2ccccc21. The van der Waals surface area contributed by atoms with Gasteiger partial charge < -0.3 is 10.6 Å². The lowest BCUT2D eigenvalue weighted by molar-refractivity contribution is -0.123. The van der Waals surface area contributed by atoms with Crippen LogP contribution in [0, 0.1) is 6.92 Å². The topological polar surface area (TPSA) is 58.2 Å². The van der Waals surface area contributed by atoms with Crippen molar-refractivity contribution in [3.05, 3.63) is 59.7 Å². The minimum absolute atomic E-state index is 0.126. The molecule has 0 saturated heterocycles. The van der Waals surface area contributed by atoms with Gasteiger partial charge in [0, 0.05) is 17.8 Å². The summed E-state index contributed by atoms with van der Waals surface area (Å²) < 4.78 is 0. The molecule has 1 atom stereocenters. The fourth-order valence-electron chi connectivity index (χ4n) is 2.58. The van der Waals surface area contributed by atoms with E-state index in [-0.39, 0.29) is 18.2 Å². The van der Waals surface area contributed by atoms with Crippen molar-refractivity contribution < 1.29 is 9.59 Å². The van der Waals surface area contributed by atoms with Gasteiger partial charge in [0.15, 0.2) is 0 Å². The number of aryl methyl sites for hydroxylation is 1.